The zero-order valence-corrected chi connectivity index (χ0v) is 13.5. The molecule has 0 aliphatic carbocycles. The van der Waals surface area contributed by atoms with Gasteiger partial charge in [0.15, 0.2) is 11.4 Å². The monoisotopic (exact) mass is 328 g/mol. The summed E-state index contributed by atoms with van der Waals surface area (Å²) < 4.78 is 0. The number of aromatic amines is 1. The Morgan fingerprint density at radius 3 is 2.88 bits per heavy atom. The lowest BCUT2D eigenvalue weighted by molar-refractivity contribution is 0.0684. The van der Waals surface area contributed by atoms with E-state index in [2.05, 4.69) is 38.4 Å². The number of hydrogen-bond donors (Lipinski definition) is 3. The fourth-order valence-electron chi connectivity index (χ4n) is 3.06. The summed E-state index contributed by atoms with van der Waals surface area (Å²) in [4.78, 5) is 31.8. The van der Waals surface area contributed by atoms with Crippen LogP contribution in [0.3, 0.4) is 0 Å². The Morgan fingerprint density at radius 2 is 2.12 bits per heavy atom. The molecule has 0 bridgehead atoms. The van der Waals surface area contributed by atoms with Crippen LogP contribution in [-0.4, -0.2) is 51.0 Å². The molecule has 3 N–H and O–H groups in total. The lowest BCUT2D eigenvalue weighted by Crippen LogP contribution is -2.44. The van der Waals surface area contributed by atoms with Crippen molar-refractivity contribution in [2.45, 2.75) is 25.9 Å². The first kappa shape index (κ1) is 16.2. The van der Waals surface area contributed by atoms with E-state index in [0.29, 0.717) is 6.54 Å². The number of imidazole rings is 1. The quantitative estimate of drug-likeness (QED) is 0.768. The van der Waals surface area contributed by atoms with Crippen LogP contribution in [0.1, 0.15) is 39.0 Å². The zero-order chi connectivity index (χ0) is 17.1. The largest absolute Gasteiger partial charge is 0.477 e. The van der Waals surface area contributed by atoms with Crippen molar-refractivity contribution < 1.29 is 14.7 Å². The molecule has 0 spiro atoms. The van der Waals surface area contributed by atoms with Gasteiger partial charge in [0.25, 0.3) is 5.91 Å². The number of aromatic nitrogens is 2. The van der Waals surface area contributed by atoms with Crippen LogP contribution in [0.2, 0.25) is 0 Å². The van der Waals surface area contributed by atoms with Gasteiger partial charge in [-0.3, -0.25) is 9.69 Å². The third-order valence-corrected chi connectivity index (χ3v) is 4.19. The molecule has 1 unspecified atom stereocenters. The van der Waals surface area contributed by atoms with Crippen LogP contribution in [0.4, 0.5) is 0 Å². The van der Waals surface area contributed by atoms with Crippen molar-refractivity contribution in [2.24, 2.45) is 0 Å². The number of carboxylic acids is 1. The highest BCUT2D eigenvalue weighted by atomic mass is 16.4. The molecule has 2 heterocycles. The minimum Gasteiger partial charge on any atom is -0.477 e. The van der Waals surface area contributed by atoms with Crippen LogP contribution in [0.5, 0.6) is 0 Å². The number of hydrogen-bond acceptors (Lipinski definition) is 4. The minimum absolute atomic E-state index is 0.0849. The Bertz CT molecular complexity index is 756. The molecule has 0 saturated carbocycles. The van der Waals surface area contributed by atoms with Gasteiger partial charge in [-0.2, -0.15) is 0 Å². The molecule has 0 radical (unpaired) electrons. The molecule has 1 atom stereocenters. The Balaban J connectivity index is 1.58. The second kappa shape index (κ2) is 6.84. The lowest BCUT2D eigenvalue weighted by atomic mass is 10.00. The summed E-state index contributed by atoms with van der Waals surface area (Å²) in [5.74, 6) is -1.67. The van der Waals surface area contributed by atoms with Crippen molar-refractivity contribution in [3.8, 4) is 0 Å². The van der Waals surface area contributed by atoms with Crippen LogP contribution in [0.15, 0.2) is 30.6 Å². The molecule has 3 rings (SSSR count). The highest BCUT2D eigenvalue weighted by Crippen LogP contribution is 2.18. The first-order chi connectivity index (χ1) is 11.5. The van der Waals surface area contributed by atoms with E-state index in [0.717, 1.165) is 19.5 Å². The number of amides is 1. The molecule has 1 aliphatic rings. The predicted octanol–water partition coefficient (Wildman–Crippen LogP) is 1.28. The summed E-state index contributed by atoms with van der Waals surface area (Å²) in [6.45, 7) is 4.41. The van der Waals surface area contributed by atoms with Crippen molar-refractivity contribution >= 4 is 11.9 Å². The van der Waals surface area contributed by atoms with Gasteiger partial charge < -0.3 is 15.4 Å². The first-order valence-corrected chi connectivity index (χ1v) is 7.91. The molecular weight excluding hydrogens is 308 g/mol. The van der Waals surface area contributed by atoms with E-state index in [-0.39, 0.29) is 17.4 Å². The normalized spacial score (nSPS) is 15.5. The number of fused-ring (bicyclic) bond motifs is 1. The van der Waals surface area contributed by atoms with Gasteiger partial charge in [-0.1, -0.05) is 24.3 Å². The highest BCUT2D eigenvalue weighted by Gasteiger charge is 2.22. The average Bonchev–Trinajstić information content (AvgIpc) is 3.04. The molecular formula is C17H20N4O3. The van der Waals surface area contributed by atoms with Gasteiger partial charge in [0.2, 0.25) is 0 Å². The van der Waals surface area contributed by atoms with Crippen LogP contribution in [0, 0.1) is 0 Å². The maximum absolute atomic E-state index is 12.2. The van der Waals surface area contributed by atoms with Crippen molar-refractivity contribution in [3.63, 3.8) is 0 Å². The number of benzene rings is 1. The van der Waals surface area contributed by atoms with E-state index in [9.17, 15) is 9.59 Å². The van der Waals surface area contributed by atoms with Gasteiger partial charge >= 0.3 is 5.97 Å². The molecule has 0 fully saturated rings. The Labute approximate surface area is 139 Å². The third-order valence-electron chi connectivity index (χ3n) is 4.19. The van der Waals surface area contributed by atoms with Crippen LogP contribution in [0.25, 0.3) is 0 Å². The number of H-pyrrole nitrogens is 1. The Morgan fingerprint density at radius 1 is 1.38 bits per heavy atom. The number of aromatic carboxylic acids is 1. The zero-order valence-electron chi connectivity index (χ0n) is 13.5. The molecule has 0 saturated heterocycles. The molecule has 24 heavy (non-hydrogen) atoms. The molecule has 1 aromatic carbocycles. The summed E-state index contributed by atoms with van der Waals surface area (Å²) in [5, 5.41) is 11.9. The molecule has 1 aromatic heterocycles. The van der Waals surface area contributed by atoms with Crippen LogP contribution in [-0.2, 0) is 13.0 Å². The van der Waals surface area contributed by atoms with E-state index < -0.39 is 11.9 Å². The number of nitrogens with one attached hydrogen (secondary N) is 2. The molecule has 2 aromatic rings. The van der Waals surface area contributed by atoms with Gasteiger partial charge in [-0.05, 0) is 24.5 Å². The van der Waals surface area contributed by atoms with Gasteiger partial charge in [-0.15, -0.1) is 0 Å². The number of rotatable bonds is 5. The summed E-state index contributed by atoms with van der Waals surface area (Å²) in [6.07, 6.45) is 2.21. The number of nitrogens with zero attached hydrogens (tertiary/aromatic N) is 2. The lowest BCUT2D eigenvalue weighted by Gasteiger charge is -2.31. The average molecular weight is 328 g/mol. The summed E-state index contributed by atoms with van der Waals surface area (Å²) in [5.41, 5.74) is 2.43. The third kappa shape index (κ3) is 3.46. The summed E-state index contributed by atoms with van der Waals surface area (Å²) in [7, 11) is 0. The predicted molar refractivity (Wildman–Crippen MR) is 87.9 cm³/mol. The van der Waals surface area contributed by atoms with Crippen LogP contribution >= 0.6 is 0 Å². The standard InChI is InChI=1S/C17H20N4O3/c1-11(20-16(22)14-15(17(23)24)19-10-18-14)8-21-7-6-12-4-2-3-5-13(12)9-21/h2-5,10-11H,6-9H2,1H3,(H,18,19)(H,20,22)(H,23,24). The fraction of sp³-hybridized carbons (Fsp3) is 0.353. The van der Waals surface area contributed by atoms with E-state index in [1.807, 2.05) is 13.0 Å². The first-order valence-electron chi connectivity index (χ1n) is 7.91. The van der Waals surface area contributed by atoms with E-state index in [1.54, 1.807) is 0 Å². The minimum atomic E-state index is -1.20. The number of carbonyl (C=O) groups is 2. The van der Waals surface area contributed by atoms with Crippen molar-refractivity contribution in [2.75, 3.05) is 13.1 Å². The van der Waals surface area contributed by atoms with Gasteiger partial charge in [-0.25, -0.2) is 9.78 Å². The van der Waals surface area contributed by atoms with E-state index in [1.165, 1.54) is 17.5 Å². The SMILES string of the molecule is CC(CN1CCc2ccccc2C1)NC(=O)c1nc[nH]c1C(=O)O. The maximum atomic E-state index is 12.2. The second-order valence-electron chi connectivity index (χ2n) is 6.06. The topological polar surface area (TPSA) is 98.3 Å². The fourth-order valence-corrected chi connectivity index (χ4v) is 3.06. The molecule has 7 nitrogen and oxygen atoms in total. The second-order valence-corrected chi connectivity index (χ2v) is 6.06. The maximum Gasteiger partial charge on any atom is 0.354 e. The van der Waals surface area contributed by atoms with Crippen molar-refractivity contribution in [1.29, 1.82) is 0 Å². The van der Waals surface area contributed by atoms with Gasteiger partial charge in [0.05, 0.1) is 6.33 Å². The van der Waals surface area contributed by atoms with Crippen molar-refractivity contribution in [1.82, 2.24) is 20.2 Å². The van der Waals surface area contributed by atoms with Crippen LogP contribution < -0.4 is 5.32 Å². The molecule has 1 amide bonds. The molecule has 126 valence electrons. The smallest absolute Gasteiger partial charge is 0.354 e. The van der Waals surface area contributed by atoms with Gasteiger partial charge in [0, 0.05) is 25.7 Å². The summed E-state index contributed by atoms with van der Waals surface area (Å²) in [6, 6.07) is 8.28. The van der Waals surface area contributed by atoms with Gasteiger partial charge in [0.1, 0.15) is 0 Å². The molecule has 1 aliphatic heterocycles. The highest BCUT2D eigenvalue weighted by molar-refractivity contribution is 6.02. The number of carboxylic acid groups (broad SMARTS) is 1. The Hall–Kier alpha value is -2.67. The number of carbonyl (C=O) groups excluding carboxylic acids is 1. The Kier molecular flexibility index (Phi) is 4.61. The van der Waals surface area contributed by atoms with E-state index in [4.69, 9.17) is 5.11 Å². The van der Waals surface area contributed by atoms with E-state index >= 15 is 0 Å². The molecule has 7 heteroatoms. The van der Waals surface area contributed by atoms with Crippen molar-refractivity contribution in [3.05, 3.63) is 53.1 Å². The summed E-state index contributed by atoms with van der Waals surface area (Å²) >= 11 is 0.